The molecule has 6 aromatic carbocycles. The summed E-state index contributed by atoms with van der Waals surface area (Å²) in [4.78, 5) is 119. The number of benzene rings is 6. The van der Waals surface area contributed by atoms with Gasteiger partial charge in [0.15, 0.2) is 5.15 Å². The minimum atomic E-state index is -0.657. The maximum absolute atomic E-state index is 14.2. The van der Waals surface area contributed by atoms with Crippen LogP contribution in [0.25, 0.3) is 49.8 Å². The number of hydrogen-bond donors (Lipinski definition) is 8. The van der Waals surface area contributed by atoms with E-state index in [4.69, 9.17) is 58.5 Å². The Morgan fingerprint density at radius 1 is 0.475 bits per heavy atom. The van der Waals surface area contributed by atoms with Gasteiger partial charge < -0.3 is 62.7 Å². The van der Waals surface area contributed by atoms with Crippen molar-refractivity contribution >= 4 is 103 Å². The molecule has 0 aliphatic carbocycles. The summed E-state index contributed by atoms with van der Waals surface area (Å²) in [5.41, 5.74) is 23.5. The van der Waals surface area contributed by atoms with E-state index in [1.54, 1.807) is 60.5 Å². The fourth-order valence-corrected chi connectivity index (χ4v) is 12.8. The van der Waals surface area contributed by atoms with Crippen LogP contribution in [-0.2, 0) is 33.3 Å². The Hall–Kier alpha value is -13.4. The van der Waals surface area contributed by atoms with Gasteiger partial charge >= 0.3 is 24.0 Å². The highest BCUT2D eigenvalue weighted by atomic mass is 35.5. The molecule has 618 valence electrons. The van der Waals surface area contributed by atoms with Gasteiger partial charge in [-0.05, 0) is 165 Å². The van der Waals surface area contributed by atoms with E-state index in [1.165, 1.54) is 21.3 Å². The molecule has 0 bridgehead atoms. The topological polar surface area (TPSA) is 447 Å². The van der Waals surface area contributed by atoms with Crippen LogP contribution >= 0.6 is 11.6 Å². The smallest absolute Gasteiger partial charge is 0.408 e. The number of hydrogen-bond acceptors (Lipinski definition) is 27. The average molecular weight is 1630 g/mol. The molecule has 0 aliphatic heterocycles. The van der Waals surface area contributed by atoms with Crippen molar-refractivity contribution in [1.29, 1.82) is 10.5 Å². The third kappa shape index (κ3) is 24.1. The van der Waals surface area contributed by atoms with Crippen LogP contribution < -0.4 is 60.5 Å². The summed E-state index contributed by atoms with van der Waals surface area (Å²) in [6.45, 7) is 16.4. The minimum Gasteiger partial charge on any atom is -0.469 e. The number of carbonyl (C=O) groups excluding carboxylic acids is 4. The fraction of sp³-hybridized carbons (Fsp3) is 0.349. The van der Waals surface area contributed by atoms with Crippen molar-refractivity contribution in [2.75, 3.05) is 73.7 Å². The van der Waals surface area contributed by atoms with Crippen molar-refractivity contribution < 1.29 is 38.1 Å². The molecule has 11 aromatic rings. The lowest BCUT2D eigenvalue weighted by Crippen LogP contribution is -2.37. The molecule has 0 aliphatic rings. The van der Waals surface area contributed by atoms with E-state index in [9.17, 15) is 38.8 Å². The van der Waals surface area contributed by atoms with Crippen molar-refractivity contribution in [1.82, 2.24) is 53.9 Å². The van der Waals surface area contributed by atoms with Gasteiger partial charge in [0.2, 0.25) is 11.9 Å². The van der Waals surface area contributed by atoms with E-state index >= 15 is 0 Å². The number of alkyl carbamates (subject to hydrolysis) is 1. The number of anilines is 6. The lowest BCUT2D eigenvalue weighted by molar-refractivity contribution is -0.141. The van der Waals surface area contributed by atoms with E-state index < -0.39 is 23.8 Å². The number of nitrogen functional groups attached to an aromatic ring is 2. The number of nitrogens with one attached hydrogen (secondary N) is 5. The van der Waals surface area contributed by atoms with Gasteiger partial charge in [0.25, 0.3) is 16.7 Å². The number of rotatable bonds is 30. The summed E-state index contributed by atoms with van der Waals surface area (Å²) in [6, 6.07) is 47.2. The second-order valence-corrected chi connectivity index (χ2v) is 28.3. The third-order valence-electron chi connectivity index (χ3n) is 18.5. The molecule has 5 aromatic heterocycles. The summed E-state index contributed by atoms with van der Waals surface area (Å²) >= 11 is 5.58. The van der Waals surface area contributed by atoms with E-state index in [0.29, 0.717) is 162 Å². The first-order valence-electron chi connectivity index (χ1n) is 38.7. The molecule has 11 N–H and O–H groups in total. The van der Waals surface area contributed by atoms with Crippen LogP contribution in [-0.4, -0.2) is 119 Å². The molecule has 5 heterocycles. The summed E-state index contributed by atoms with van der Waals surface area (Å²) in [5.74, 6) is 1.18. The second kappa shape index (κ2) is 43.9. The number of aromatic nitrogens is 10. The van der Waals surface area contributed by atoms with E-state index in [2.05, 4.69) is 62.1 Å². The predicted octanol–water partition coefficient (Wildman–Crippen LogP) is 13.8. The lowest BCUT2D eigenvalue weighted by atomic mass is 10.1. The Kier molecular flexibility index (Phi) is 33.6. The van der Waals surface area contributed by atoms with Gasteiger partial charge in [-0.1, -0.05) is 105 Å². The number of nitriles is 2. The zero-order chi connectivity index (χ0) is 85.6. The fourth-order valence-electron chi connectivity index (χ4n) is 12.6. The van der Waals surface area contributed by atoms with Gasteiger partial charge in [0.1, 0.15) is 52.2 Å². The third-order valence-corrected chi connectivity index (χ3v) is 18.7. The highest BCUT2D eigenvalue weighted by Crippen LogP contribution is 2.31. The van der Waals surface area contributed by atoms with Gasteiger partial charge in [-0.3, -0.25) is 42.5 Å². The van der Waals surface area contributed by atoms with Crippen molar-refractivity contribution in [2.45, 2.75) is 156 Å². The molecule has 0 unspecified atom stereocenters. The van der Waals surface area contributed by atoms with Crippen molar-refractivity contribution in [2.24, 2.45) is 5.73 Å². The molecule has 0 radical (unpaired) electrons. The molecule has 0 fully saturated rings. The molecule has 31 nitrogen and oxygen atoms in total. The quantitative estimate of drug-likeness (QED) is 0.00897. The van der Waals surface area contributed by atoms with Crippen LogP contribution in [0.15, 0.2) is 160 Å². The molecular formula is C86H101ClN20O11. The normalized spacial score (nSPS) is 11.6. The molecule has 0 saturated heterocycles. The largest absolute Gasteiger partial charge is 0.469 e. The van der Waals surface area contributed by atoms with E-state index in [0.717, 1.165) is 30.6 Å². The van der Waals surface area contributed by atoms with Crippen molar-refractivity contribution in [3.05, 3.63) is 222 Å². The molecule has 1 amide bonds. The van der Waals surface area contributed by atoms with Crippen LogP contribution in [0.4, 0.5) is 39.6 Å². The number of unbranched alkanes of at least 4 members (excludes halogenated alkanes) is 3. The second-order valence-electron chi connectivity index (χ2n) is 28.0. The van der Waals surface area contributed by atoms with Gasteiger partial charge in [0.05, 0.1) is 101 Å². The molecule has 32 heteroatoms. The van der Waals surface area contributed by atoms with Crippen LogP contribution in [0.1, 0.15) is 177 Å². The van der Waals surface area contributed by atoms with Crippen LogP contribution in [0, 0.1) is 36.5 Å². The number of fused-ring (bicyclic) bond motifs is 3. The van der Waals surface area contributed by atoms with Crippen LogP contribution in [0.3, 0.4) is 0 Å². The van der Waals surface area contributed by atoms with Gasteiger partial charge in [-0.15, -0.1) is 0 Å². The zero-order valence-electron chi connectivity index (χ0n) is 68.2. The Morgan fingerprint density at radius 2 is 0.831 bits per heavy atom. The maximum Gasteiger partial charge on any atom is 0.408 e. The molecular weight excluding hydrogens is 1520 g/mol. The van der Waals surface area contributed by atoms with Crippen LogP contribution in [0.2, 0.25) is 5.15 Å². The van der Waals surface area contributed by atoms with Gasteiger partial charge in [-0.25, -0.2) is 29.7 Å². The number of para-hydroxylation sites is 3. The summed E-state index contributed by atoms with van der Waals surface area (Å²) < 4.78 is 24.3. The first-order valence-corrected chi connectivity index (χ1v) is 39.1. The number of amides is 1. The van der Waals surface area contributed by atoms with Crippen molar-refractivity contribution in [3.8, 4) is 29.2 Å². The predicted molar refractivity (Wildman–Crippen MR) is 458 cm³/mol. The standard InChI is InChI=1S/C29H32N8O3.C28H36N4O5.C23H28N4O3.C6H5ClN4/c1-4-21(34-26-20(17-30)18(2)33-29(31)36-26)27-35-23-14-10-13-22(32-16-9-8-15-24(38)40-3)25(23)28(39)37(27)19-11-6-5-7-12-19;1-6-20(31-27(35)37-28(2,3)4)25-30-22-16-12-15-21(29-18-11-10-17-23(33)36-5)24(22)26(34)32(25)19-13-8-7-9-14-19;1-3-17(24)22-26-19-13-9-12-18(25-15-8-7-14-20(28)30-2)21(19)23(29)27(22)16-10-5-4-6-11-16;1-3-4(2-8)5(7)11-6(9)10-3/h5-7,10-14,21,32H,4,8-9,15-16H2,1-3H3,(H3,31,33,34,36);7-9,12-16,20,29H,6,10-11,17-18H2,1-5H3,(H,31,35);4-6,9-13,17,25H,3,7-8,14-15,24H2,1-2H3;1H3,(H2,9,10,11)/t21-;20-;17-;/m000./s1. The Bertz CT molecular complexity index is 5560. The Balaban J connectivity index is 0.000000208. The SMILES string of the molecule is CC[C@H](N)c1nc2cccc(NCCCCC(=O)OC)c2c(=O)n1-c1ccccc1.CC[C@H](NC(=O)OC(C)(C)C)c1nc2cccc(NCCCCC(=O)OC)c2c(=O)n1-c1ccccc1.CC[C@H](Nc1nc(N)nc(C)c1C#N)c1nc2cccc(NCCCCC(=O)OC)c2c(=O)n1-c1ccccc1.Cc1nc(N)nc(Cl)c1C#N. The number of carbonyl (C=O) groups is 4. The number of methoxy groups -OCH3 is 3. The first-order chi connectivity index (χ1) is 56.7. The molecule has 0 saturated carbocycles. The molecule has 3 atom stereocenters. The van der Waals surface area contributed by atoms with Crippen molar-refractivity contribution in [3.63, 3.8) is 0 Å². The summed E-state index contributed by atoms with van der Waals surface area (Å²) in [7, 11) is 4.14. The number of nitrogens with two attached hydrogens (primary N) is 3. The van der Waals surface area contributed by atoms with Gasteiger partial charge in [0, 0.05) is 56.0 Å². The Labute approximate surface area is 688 Å². The summed E-state index contributed by atoms with van der Waals surface area (Å²) in [6.07, 6.45) is 6.52. The monoisotopic (exact) mass is 1620 g/mol. The maximum atomic E-state index is 14.2. The highest BCUT2D eigenvalue weighted by Gasteiger charge is 2.28. The molecule has 118 heavy (non-hydrogen) atoms. The lowest BCUT2D eigenvalue weighted by Gasteiger charge is -2.25. The first kappa shape index (κ1) is 90.2. The van der Waals surface area contributed by atoms with Crippen LogP contribution in [0.5, 0.6) is 0 Å². The molecule has 11 rings (SSSR count). The number of nitrogens with zero attached hydrogens (tertiary/aromatic N) is 12. The number of ether oxygens (including phenoxy) is 4. The summed E-state index contributed by atoms with van der Waals surface area (Å²) in [5, 5.41) is 36.0. The number of halogens is 1. The minimum absolute atomic E-state index is 0.0445. The Morgan fingerprint density at radius 3 is 1.18 bits per heavy atom. The van der Waals surface area contributed by atoms with E-state index in [-0.39, 0.29) is 74.6 Å². The van der Waals surface area contributed by atoms with E-state index in [1.807, 2.05) is 160 Å². The van der Waals surface area contributed by atoms with Gasteiger partial charge in [-0.2, -0.15) is 20.5 Å². The number of esters is 3. The number of aryl methyl sites for hydroxylation is 2. The average Bonchev–Trinajstić information content (AvgIpc) is 0.766. The highest BCUT2D eigenvalue weighted by molar-refractivity contribution is 6.30. The zero-order valence-corrected chi connectivity index (χ0v) is 68.9. The molecule has 0 spiro atoms.